The average molecular weight is 260 g/mol. The van der Waals surface area contributed by atoms with Crippen molar-refractivity contribution in [1.82, 2.24) is 0 Å². The van der Waals surface area contributed by atoms with Gasteiger partial charge in [-0.05, 0) is 43.9 Å². The summed E-state index contributed by atoms with van der Waals surface area (Å²) < 4.78 is 5.35. The van der Waals surface area contributed by atoms with Crippen LogP contribution in [0.4, 0.5) is 11.4 Å². The molecule has 1 aromatic carbocycles. The third-order valence-corrected chi connectivity index (χ3v) is 3.67. The standard InChI is InChI=1S/C15H20N2O2/c18-15(11-4-5-11)17-14-3-1-2-13(10-14)16-12-6-8-19-9-7-12/h1-3,10-12,16H,4-9H2,(H,17,18). The second-order valence-electron chi connectivity index (χ2n) is 5.38. The first kappa shape index (κ1) is 12.5. The molecule has 1 saturated carbocycles. The molecule has 0 bridgehead atoms. The molecule has 3 rings (SSSR count). The Morgan fingerprint density at radius 1 is 1.11 bits per heavy atom. The van der Waals surface area contributed by atoms with Crippen LogP contribution in [-0.2, 0) is 9.53 Å². The van der Waals surface area contributed by atoms with Crippen LogP contribution in [0.25, 0.3) is 0 Å². The Morgan fingerprint density at radius 2 is 1.84 bits per heavy atom. The van der Waals surface area contributed by atoms with Crippen LogP contribution in [0, 0.1) is 5.92 Å². The van der Waals surface area contributed by atoms with Crippen molar-refractivity contribution in [2.45, 2.75) is 31.7 Å². The Labute approximate surface area is 113 Å². The highest BCUT2D eigenvalue weighted by Gasteiger charge is 2.29. The van der Waals surface area contributed by atoms with E-state index in [1.165, 1.54) is 0 Å². The smallest absolute Gasteiger partial charge is 0.227 e. The Bertz CT molecular complexity index is 451. The van der Waals surface area contributed by atoms with Crippen LogP contribution in [0.15, 0.2) is 24.3 Å². The molecule has 1 aliphatic heterocycles. The van der Waals surface area contributed by atoms with Crippen molar-refractivity contribution in [1.29, 1.82) is 0 Å². The van der Waals surface area contributed by atoms with Gasteiger partial charge in [0.2, 0.25) is 5.91 Å². The largest absolute Gasteiger partial charge is 0.382 e. The van der Waals surface area contributed by atoms with Crippen LogP contribution in [0.2, 0.25) is 0 Å². The minimum atomic E-state index is 0.156. The molecule has 0 radical (unpaired) electrons. The van der Waals surface area contributed by atoms with E-state index in [2.05, 4.69) is 10.6 Å². The van der Waals surface area contributed by atoms with Crippen molar-refractivity contribution in [2.75, 3.05) is 23.8 Å². The van der Waals surface area contributed by atoms with E-state index in [9.17, 15) is 4.79 Å². The van der Waals surface area contributed by atoms with E-state index in [4.69, 9.17) is 4.74 Å². The van der Waals surface area contributed by atoms with E-state index >= 15 is 0 Å². The van der Waals surface area contributed by atoms with Gasteiger partial charge in [0, 0.05) is 36.5 Å². The molecule has 1 aromatic rings. The van der Waals surface area contributed by atoms with Crippen molar-refractivity contribution >= 4 is 17.3 Å². The average Bonchev–Trinajstić information content (AvgIpc) is 3.24. The van der Waals surface area contributed by atoms with E-state index in [-0.39, 0.29) is 11.8 Å². The summed E-state index contributed by atoms with van der Waals surface area (Å²) in [6, 6.07) is 8.44. The SMILES string of the molecule is O=C(Nc1cccc(NC2CCOCC2)c1)C1CC1. The molecule has 1 aliphatic carbocycles. The highest BCUT2D eigenvalue weighted by molar-refractivity contribution is 5.94. The molecule has 19 heavy (non-hydrogen) atoms. The number of rotatable bonds is 4. The Morgan fingerprint density at radius 3 is 2.58 bits per heavy atom. The number of anilines is 2. The first-order chi connectivity index (χ1) is 9.31. The summed E-state index contributed by atoms with van der Waals surface area (Å²) in [4.78, 5) is 11.7. The van der Waals surface area contributed by atoms with Gasteiger partial charge in [-0.2, -0.15) is 0 Å². The molecule has 4 nitrogen and oxygen atoms in total. The Kier molecular flexibility index (Phi) is 3.69. The number of nitrogens with one attached hydrogen (secondary N) is 2. The summed E-state index contributed by atoms with van der Waals surface area (Å²) in [6.07, 6.45) is 4.15. The lowest BCUT2D eigenvalue weighted by Crippen LogP contribution is -2.27. The second-order valence-corrected chi connectivity index (χ2v) is 5.38. The molecule has 2 fully saturated rings. The van der Waals surface area contributed by atoms with Gasteiger partial charge >= 0.3 is 0 Å². The predicted molar refractivity (Wildman–Crippen MR) is 75.3 cm³/mol. The molecule has 0 atom stereocenters. The number of amides is 1. The van der Waals surface area contributed by atoms with Gasteiger partial charge in [0.15, 0.2) is 0 Å². The fraction of sp³-hybridized carbons (Fsp3) is 0.533. The van der Waals surface area contributed by atoms with Gasteiger partial charge in [0.05, 0.1) is 0 Å². The molecule has 1 saturated heterocycles. The zero-order valence-corrected chi connectivity index (χ0v) is 11.0. The number of hydrogen-bond donors (Lipinski definition) is 2. The quantitative estimate of drug-likeness (QED) is 0.875. The molecular formula is C15H20N2O2. The van der Waals surface area contributed by atoms with Crippen molar-refractivity contribution in [3.63, 3.8) is 0 Å². The van der Waals surface area contributed by atoms with Gasteiger partial charge in [-0.1, -0.05) is 6.07 Å². The van der Waals surface area contributed by atoms with Gasteiger partial charge < -0.3 is 15.4 Å². The van der Waals surface area contributed by atoms with E-state index in [0.717, 1.165) is 50.3 Å². The molecule has 2 N–H and O–H groups in total. The van der Waals surface area contributed by atoms with Crippen LogP contribution in [0.5, 0.6) is 0 Å². The second kappa shape index (κ2) is 5.61. The maximum absolute atomic E-state index is 11.7. The van der Waals surface area contributed by atoms with E-state index < -0.39 is 0 Å². The molecule has 2 aliphatic rings. The van der Waals surface area contributed by atoms with Crippen molar-refractivity contribution < 1.29 is 9.53 Å². The molecule has 102 valence electrons. The van der Waals surface area contributed by atoms with Crippen LogP contribution in [-0.4, -0.2) is 25.2 Å². The number of carbonyl (C=O) groups is 1. The van der Waals surface area contributed by atoms with E-state index in [0.29, 0.717) is 6.04 Å². The van der Waals surface area contributed by atoms with Crippen molar-refractivity contribution in [3.8, 4) is 0 Å². The van der Waals surface area contributed by atoms with E-state index in [1.807, 2.05) is 24.3 Å². The lowest BCUT2D eigenvalue weighted by atomic mass is 10.1. The summed E-state index contributed by atoms with van der Waals surface area (Å²) in [6.45, 7) is 1.66. The maximum Gasteiger partial charge on any atom is 0.227 e. The number of benzene rings is 1. The van der Waals surface area contributed by atoms with Crippen LogP contribution in [0.1, 0.15) is 25.7 Å². The summed E-state index contributed by atoms with van der Waals surface area (Å²) in [5.41, 5.74) is 1.95. The zero-order chi connectivity index (χ0) is 13.1. The minimum absolute atomic E-state index is 0.156. The predicted octanol–water partition coefficient (Wildman–Crippen LogP) is 2.63. The van der Waals surface area contributed by atoms with Crippen LogP contribution < -0.4 is 10.6 Å². The number of hydrogen-bond acceptors (Lipinski definition) is 3. The summed E-state index contributed by atoms with van der Waals surface area (Å²) in [5.74, 6) is 0.398. The van der Waals surface area contributed by atoms with Crippen molar-refractivity contribution in [2.24, 2.45) is 5.92 Å². The monoisotopic (exact) mass is 260 g/mol. The van der Waals surface area contributed by atoms with E-state index in [1.54, 1.807) is 0 Å². The lowest BCUT2D eigenvalue weighted by molar-refractivity contribution is -0.117. The summed E-state index contributed by atoms with van der Waals surface area (Å²) in [5, 5.41) is 6.49. The van der Waals surface area contributed by atoms with Gasteiger partial charge in [0.25, 0.3) is 0 Å². The highest BCUT2D eigenvalue weighted by atomic mass is 16.5. The number of ether oxygens (including phenoxy) is 1. The molecule has 0 aromatic heterocycles. The normalized spacial score (nSPS) is 20.0. The first-order valence-electron chi connectivity index (χ1n) is 7.06. The summed E-state index contributed by atoms with van der Waals surface area (Å²) >= 11 is 0. The fourth-order valence-electron chi connectivity index (χ4n) is 2.35. The number of carbonyl (C=O) groups excluding carboxylic acids is 1. The van der Waals surface area contributed by atoms with Crippen LogP contribution in [0.3, 0.4) is 0 Å². The molecule has 1 amide bonds. The van der Waals surface area contributed by atoms with Crippen LogP contribution >= 0.6 is 0 Å². The molecule has 0 spiro atoms. The van der Waals surface area contributed by atoms with Gasteiger partial charge in [0.1, 0.15) is 0 Å². The first-order valence-corrected chi connectivity index (χ1v) is 7.06. The highest BCUT2D eigenvalue weighted by Crippen LogP contribution is 2.30. The van der Waals surface area contributed by atoms with Gasteiger partial charge in [-0.3, -0.25) is 4.79 Å². The van der Waals surface area contributed by atoms with Gasteiger partial charge in [-0.25, -0.2) is 0 Å². The third-order valence-electron chi connectivity index (χ3n) is 3.67. The minimum Gasteiger partial charge on any atom is -0.382 e. The Hall–Kier alpha value is -1.55. The molecule has 4 heteroatoms. The van der Waals surface area contributed by atoms with Gasteiger partial charge in [-0.15, -0.1) is 0 Å². The molecular weight excluding hydrogens is 240 g/mol. The summed E-state index contributed by atoms with van der Waals surface area (Å²) in [7, 11) is 0. The third kappa shape index (κ3) is 3.47. The molecule has 1 heterocycles. The topological polar surface area (TPSA) is 50.4 Å². The lowest BCUT2D eigenvalue weighted by Gasteiger charge is -2.24. The zero-order valence-electron chi connectivity index (χ0n) is 11.0. The maximum atomic E-state index is 11.7. The Balaban J connectivity index is 1.60. The molecule has 0 unspecified atom stereocenters. The van der Waals surface area contributed by atoms with Crippen molar-refractivity contribution in [3.05, 3.63) is 24.3 Å². The fourth-order valence-corrected chi connectivity index (χ4v) is 2.35.